The van der Waals surface area contributed by atoms with Crippen molar-refractivity contribution in [3.63, 3.8) is 0 Å². The van der Waals surface area contributed by atoms with Crippen LogP contribution >= 0.6 is 0 Å². The number of ether oxygens (including phenoxy) is 1. The molecule has 4 atom stereocenters. The number of carbonyl (C=O) groups excluding carboxylic acids is 2. The van der Waals surface area contributed by atoms with E-state index in [9.17, 15) is 24.1 Å². The first-order valence-electron chi connectivity index (χ1n) is 9.55. The van der Waals surface area contributed by atoms with Crippen LogP contribution in [0, 0.1) is 33.7 Å². The van der Waals surface area contributed by atoms with Crippen molar-refractivity contribution in [2.45, 2.75) is 12.5 Å². The lowest BCUT2D eigenvalue weighted by Gasteiger charge is -2.50. The molecule has 6 rings (SSSR count). The van der Waals surface area contributed by atoms with E-state index in [0.717, 1.165) is 10.5 Å². The predicted molar refractivity (Wildman–Crippen MR) is 104 cm³/mol. The van der Waals surface area contributed by atoms with E-state index >= 15 is 0 Å². The van der Waals surface area contributed by atoms with Crippen LogP contribution in [0.3, 0.4) is 0 Å². The molecule has 2 fully saturated rings. The Morgan fingerprint density at radius 1 is 1.10 bits per heavy atom. The van der Waals surface area contributed by atoms with Gasteiger partial charge in [0.25, 0.3) is 5.69 Å². The average molecular weight is 408 g/mol. The van der Waals surface area contributed by atoms with E-state index in [1.54, 1.807) is 12.1 Å². The molecule has 0 unspecified atom stereocenters. The van der Waals surface area contributed by atoms with Gasteiger partial charge in [0, 0.05) is 18.1 Å². The van der Waals surface area contributed by atoms with Crippen molar-refractivity contribution in [3.05, 3.63) is 81.7 Å². The van der Waals surface area contributed by atoms with Crippen molar-refractivity contribution in [2.24, 2.45) is 17.8 Å². The third kappa shape index (κ3) is 2.40. The van der Waals surface area contributed by atoms with E-state index in [1.165, 1.54) is 36.4 Å². The Morgan fingerprint density at radius 3 is 2.37 bits per heavy atom. The second-order valence-corrected chi connectivity index (χ2v) is 7.89. The topological polar surface area (TPSA) is 89.8 Å². The van der Waals surface area contributed by atoms with Crippen molar-refractivity contribution in [2.75, 3.05) is 11.5 Å². The van der Waals surface area contributed by atoms with Crippen molar-refractivity contribution >= 4 is 23.2 Å². The Labute approximate surface area is 170 Å². The number of anilines is 1. The van der Waals surface area contributed by atoms with Gasteiger partial charge in [-0.15, -0.1) is 0 Å². The van der Waals surface area contributed by atoms with Gasteiger partial charge in [-0.05, 0) is 42.8 Å². The third-order valence-corrected chi connectivity index (χ3v) is 6.39. The van der Waals surface area contributed by atoms with E-state index in [-0.39, 0.29) is 29.8 Å². The first kappa shape index (κ1) is 18.6. The summed E-state index contributed by atoms with van der Waals surface area (Å²) in [5, 5.41) is 10.9. The number of non-ortho nitro benzene ring substituents is 1. The van der Waals surface area contributed by atoms with E-state index in [1.807, 2.05) is 13.0 Å². The lowest BCUT2D eigenvalue weighted by atomic mass is 9.62. The summed E-state index contributed by atoms with van der Waals surface area (Å²) in [6.07, 6.45) is 1.88. The Balaban J connectivity index is 1.61. The predicted octanol–water partition coefficient (Wildman–Crippen LogP) is 3.34. The number of nitro groups is 1. The zero-order valence-corrected chi connectivity index (χ0v) is 15.9. The van der Waals surface area contributed by atoms with Crippen molar-refractivity contribution in [3.8, 4) is 0 Å². The van der Waals surface area contributed by atoms with Gasteiger partial charge in [-0.3, -0.25) is 19.7 Å². The lowest BCUT2D eigenvalue weighted by Crippen LogP contribution is -2.54. The molecule has 2 aromatic rings. The van der Waals surface area contributed by atoms with Crippen LogP contribution < -0.4 is 4.90 Å². The quantitative estimate of drug-likeness (QED) is 0.336. The molecule has 2 saturated heterocycles. The summed E-state index contributed by atoms with van der Waals surface area (Å²) in [5.74, 6) is -2.78. The lowest BCUT2D eigenvalue weighted by molar-refractivity contribution is -0.384. The molecule has 0 saturated carbocycles. The van der Waals surface area contributed by atoms with Gasteiger partial charge in [0.05, 0.1) is 29.1 Å². The van der Waals surface area contributed by atoms with Gasteiger partial charge < -0.3 is 4.74 Å². The number of imide groups is 1. The number of amides is 2. The highest BCUT2D eigenvalue weighted by Crippen LogP contribution is 2.57. The number of carbonyl (C=O) groups is 2. The van der Waals surface area contributed by atoms with Gasteiger partial charge >= 0.3 is 0 Å². The van der Waals surface area contributed by atoms with Crippen LogP contribution in [0.5, 0.6) is 0 Å². The fraction of sp³-hybridized carbons (Fsp3) is 0.273. The molecule has 3 heterocycles. The third-order valence-electron chi connectivity index (χ3n) is 6.39. The molecule has 0 radical (unpaired) electrons. The molecule has 30 heavy (non-hydrogen) atoms. The van der Waals surface area contributed by atoms with E-state index in [4.69, 9.17) is 4.74 Å². The zero-order valence-electron chi connectivity index (χ0n) is 15.9. The molecule has 2 bridgehead atoms. The standard InChI is InChI=1S/C22H17FN2O5/c1-12-10-22(13-2-4-14(23)5-3-13)19-18(17(12)11-30-22)20(26)24(21(19)27)15-6-8-16(9-7-15)25(28)29/h2-10,17-19H,11H2,1H3/t17-,18+,19-,22-/m1/s1. The van der Waals surface area contributed by atoms with E-state index in [2.05, 4.69) is 0 Å². The Kier molecular flexibility index (Phi) is 3.91. The first-order chi connectivity index (χ1) is 14.3. The smallest absolute Gasteiger partial charge is 0.269 e. The molecule has 2 aromatic carbocycles. The maximum Gasteiger partial charge on any atom is 0.269 e. The first-order valence-corrected chi connectivity index (χ1v) is 9.55. The Hall–Kier alpha value is -3.39. The summed E-state index contributed by atoms with van der Waals surface area (Å²) in [6.45, 7) is 2.20. The van der Waals surface area contributed by atoms with Crippen LogP contribution in [0.15, 0.2) is 60.2 Å². The van der Waals surface area contributed by atoms with E-state index in [0.29, 0.717) is 5.56 Å². The van der Waals surface area contributed by atoms with Crippen LogP contribution in [-0.4, -0.2) is 23.3 Å². The van der Waals surface area contributed by atoms with Crippen LogP contribution in [0.1, 0.15) is 12.5 Å². The van der Waals surface area contributed by atoms with Crippen LogP contribution in [0.25, 0.3) is 0 Å². The molecule has 0 N–H and O–H groups in total. The van der Waals surface area contributed by atoms with E-state index < -0.39 is 34.1 Å². The summed E-state index contributed by atoms with van der Waals surface area (Å²) >= 11 is 0. The number of hydrogen-bond acceptors (Lipinski definition) is 5. The van der Waals surface area contributed by atoms with Crippen LogP contribution in [-0.2, 0) is 19.9 Å². The average Bonchev–Trinajstić information content (AvgIpc) is 3.01. The molecule has 8 heteroatoms. The minimum atomic E-state index is -1.15. The fourth-order valence-corrected chi connectivity index (χ4v) is 4.99. The molecule has 7 nitrogen and oxygen atoms in total. The second-order valence-electron chi connectivity index (χ2n) is 7.89. The number of benzene rings is 2. The number of fused-ring (bicyclic) bond motifs is 1. The minimum absolute atomic E-state index is 0.126. The number of rotatable bonds is 3. The number of nitro benzene ring substituents is 1. The summed E-state index contributed by atoms with van der Waals surface area (Å²) in [7, 11) is 0. The highest BCUT2D eigenvalue weighted by Gasteiger charge is 2.65. The molecular weight excluding hydrogens is 391 g/mol. The highest BCUT2D eigenvalue weighted by molar-refractivity contribution is 6.23. The molecule has 0 spiro atoms. The fourth-order valence-electron chi connectivity index (χ4n) is 4.99. The monoisotopic (exact) mass is 408 g/mol. The SMILES string of the molecule is CC1=C[C@]2(c3ccc(F)cc3)OC[C@H]1[C@@H]1C(=O)N(c3ccc([N+](=O)[O-])cc3)C(=O)[C@@H]12. The molecule has 4 aliphatic rings. The Morgan fingerprint density at radius 2 is 1.77 bits per heavy atom. The number of hydrogen-bond donors (Lipinski definition) is 0. The van der Waals surface area contributed by atoms with Gasteiger partial charge in [0.1, 0.15) is 11.4 Å². The van der Waals surface area contributed by atoms with Gasteiger partial charge in [-0.25, -0.2) is 9.29 Å². The number of nitrogens with zero attached hydrogens (tertiary/aromatic N) is 2. The summed E-state index contributed by atoms with van der Waals surface area (Å²) in [4.78, 5) is 38.4. The second kappa shape index (κ2) is 6.30. The minimum Gasteiger partial charge on any atom is -0.365 e. The largest absolute Gasteiger partial charge is 0.365 e. The summed E-state index contributed by atoms with van der Waals surface area (Å²) in [6, 6.07) is 11.1. The summed E-state index contributed by atoms with van der Waals surface area (Å²) in [5.41, 5.74) is 0.580. The van der Waals surface area contributed by atoms with Crippen molar-refractivity contribution in [1.29, 1.82) is 0 Å². The molecule has 1 aliphatic carbocycles. The molecule has 152 valence electrons. The maximum atomic E-state index is 13.5. The molecule has 2 amide bonds. The van der Waals surface area contributed by atoms with Crippen LogP contribution in [0.4, 0.5) is 15.8 Å². The Bertz CT molecular complexity index is 1110. The molecular formula is C22H17FN2O5. The maximum absolute atomic E-state index is 13.5. The normalized spacial score (nSPS) is 29.7. The zero-order chi connectivity index (χ0) is 21.2. The molecule has 0 aromatic heterocycles. The number of halogens is 1. The highest BCUT2D eigenvalue weighted by atomic mass is 19.1. The van der Waals surface area contributed by atoms with Crippen LogP contribution in [0.2, 0.25) is 0 Å². The van der Waals surface area contributed by atoms with Gasteiger partial charge in [0.2, 0.25) is 11.8 Å². The van der Waals surface area contributed by atoms with Gasteiger partial charge in [-0.2, -0.15) is 0 Å². The molecule has 3 aliphatic heterocycles. The van der Waals surface area contributed by atoms with Gasteiger partial charge in [0.15, 0.2) is 0 Å². The van der Waals surface area contributed by atoms with Gasteiger partial charge in [-0.1, -0.05) is 17.7 Å². The van der Waals surface area contributed by atoms with Crippen molar-refractivity contribution in [1.82, 2.24) is 0 Å². The van der Waals surface area contributed by atoms with Crippen molar-refractivity contribution < 1.29 is 23.6 Å². The summed E-state index contributed by atoms with van der Waals surface area (Å²) < 4.78 is 19.7.